The minimum atomic E-state index is -1.47. The quantitative estimate of drug-likeness (QED) is 0.565. The Hall–Kier alpha value is -3.78. The highest BCUT2D eigenvalue weighted by molar-refractivity contribution is 6.98. The normalized spacial score (nSPS) is 13.7. The van der Waals surface area contributed by atoms with Crippen molar-refractivity contribution >= 4 is 23.0 Å². The fourth-order valence-corrected chi connectivity index (χ4v) is 4.21. The molecule has 1 N–H and O–H groups in total. The first-order valence-electron chi connectivity index (χ1n) is 9.01. The monoisotopic (exact) mass is 348 g/mol. The maximum Gasteiger partial charge on any atom is 0.450 e. The molecule has 5 heteroatoms. The highest BCUT2D eigenvalue weighted by Crippen LogP contribution is 2.26. The number of hydrogen-bond donors (Lipinski definition) is 1. The van der Waals surface area contributed by atoms with Crippen LogP contribution in [0.1, 0.15) is 5.56 Å². The van der Waals surface area contributed by atoms with Crippen LogP contribution < -0.4 is 20.7 Å². The van der Waals surface area contributed by atoms with Crippen LogP contribution >= 0.6 is 0 Å². The zero-order chi connectivity index (χ0) is 18.3. The summed E-state index contributed by atoms with van der Waals surface area (Å²) in [6.45, 7) is 0. The summed E-state index contributed by atoms with van der Waals surface area (Å²) in [4.78, 5) is 0. The molecule has 128 valence electrons. The molecular formula is C22H17BN4. The molecule has 0 saturated heterocycles. The molecule has 27 heavy (non-hydrogen) atoms. The van der Waals surface area contributed by atoms with E-state index >= 15 is 0 Å². The van der Waals surface area contributed by atoms with Gasteiger partial charge in [0.25, 0.3) is 0 Å². The topological polar surface area (TPSA) is 44.6 Å². The lowest BCUT2D eigenvalue weighted by atomic mass is 9.37. The van der Waals surface area contributed by atoms with Gasteiger partial charge in [0.2, 0.25) is 0 Å². The van der Waals surface area contributed by atoms with Gasteiger partial charge < -0.3 is 5.23 Å². The van der Waals surface area contributed by atoms with Crippen LogP contribution in [-0.2, 0) is 0 Å². The number of aromatic nitrogens is 2. The van der Waals surface area contributed by atoms with Crippen LogP contribution in [-0.4, -0.2) is 11.1 Å². The van der Waals surface area contributed by atoms with Gasteiger partial charge in [0.1, 0.15) is 11.9 Å². The first kappa shape index (κ1) is 15.5. The Morgan fingerprint density at radius 2 is 1.52 bits per heavy atom. The zero-order valence-electron chi connectivity index (χ0n) is 14.7. The summed E-state index contributed by atoms with van der Waals surface area (Å²) in [6, 6.07) is 31.1. The predicted molar refractivity (Wildman–Crippen MR) is 108 cm³/mol. The molecule has 0 aliphatic carbocycles. The lowest BCUT2D eigenvalue weighted by Gasteiger charge is -2.41. The van der Waals surface area contributed by atoms with E-state index in [2.05, 4.69) is 75.3 Å². The molecule has 0 saturated carbocycles. The average Bonchev–Trinajstić information content (AvgIpc) is 3.25. The van der Waals surface area contributed by atoms with Crippen LogP contribution in [0.3, 0.4) is 0 Å². The van der Waals surface area contributed by atoms with Crippen molar-refractivity contribution < 1.29 is 4.59 Å². The van der Waals surface area contributed by atoms with Crippen LogP contribution in [0.25, 0.3) is 5.69 Å². The molecule has 0 atom stereocenters. The molecule has 1 aromatic heterocycles. The number of hydrogen-bond acceptors (Lipinski definition) is 2. The van der Waals surface area contributed by atoms with Gasteiger partial charge in [0, 0.05) is 11.8 Å². The molecular weight excluding hydrogens is 331 g/mol. The van der Waals surface area contributed by atoms with Gasteiger partial charge in [-0.25, -0.2) is 0 Å². The molecule has 4 nitrogen and oxygen atoms in total. The SMILES string of the molecule is N#Cc1ccc2c(c1)-n1ccc[n+]1[B-](c1ccccc1)(c1ccccc1)N2. The van der Waals surface area contributed by atoms with E-state index in [0.717, 1.165) is 11.4 Å². The van der Waals surface area contributed by atoms with Crippen molar-refractivity contribution in [3.05, 3.63) is 103 Å². The lowest BCUT2D eigenvalue weighted by Crippen LogP contribution is -2.86. The molecule has 1 aliphatic heterocycles. The van der Waals surface area contributed by atoms with Crippen LogP contribution in [0.2, 0.25) is 0 Å². The van der Waals surface area contributed by atoms with Crippen LogP contribution in [0.15, 0.2) is 97.3 Å². The molecule has 0 unspecified atom stereocenters. The fourth-order valence-electron chi connectivity index (χ4n) is 4.21. The molecule has 5 rings (SSSR count). The minimum Gasteiger partial charge on any atom is -0.487 e. The minimum absolute atomic E-state index is 0.648. The third-order valence-corrected chi connectivity index (χ3v) is 5.41. The zero-order valence-corrected chi connectivity index (χ0v) is 14.7. The molecule has 0 bridgehead atoms. The molecule has 2 heterocycles. The summed E-state index contributed by atoms with van der Waals surface area (Å²) in [5, 5.41) is 13.1. The van der Waals surface area contributed by atoms with Gasteiger partial charge in [-0.3, -0.25) is 4.59 Å². The maximum atomic E-state index is 9.31. The van der Waals surface area contributed by atoms with E-state index < -0.39 is 6.42 Å². The summed E-state index contributed by atoms with van der Waals surface area (Å²) in [7, 11) is 0. The lowest BCUT2D eigenvalue weighted by molar-refractivity contribution is -0.625. The summed E-state index contributed by atoms with van der Waals surface area (Å²) in [5.41, 5.74) is 5.03. The Morgan fingerprint density at radius 3 is 2.15 bits per heavy atom. The van der Waals surface area contributed by atoms with Crippen LogP contribution in [0, 0.1) is 11.3 Å². The predicted octanol–water partition coefficient (Wildman–Crippen LogP) is 2.17. The van der Waals surface area contributed by atoms with Gasteiger partial charge in [-0.2, -0.15) is 9.94 Å². The van der Waals surface area contributed by atoms with E-state index in [1.165, 1.54) is 10.9 Å². The molecule has 0 spiro atoms. The van der Waals surface area contributed by atoms with Gasteiger partial charge in [-0.1, -0.05) is 60.7 Å². The molecule has 3 aromatic carbocycles. The highest BCUT2D eigenvalue weighted by Gasteiger charge is 2.47. The third kappa shape index (κ3) is 2.20. The second kappa shape index (κ2) is 5.89. The average molecular weight is 348 g/mol. The molecule has 1 aliphatic rings. The number of nitrogens with zero attached hydrogens (tertiary/aromatic N) is 3. The Labute approximate surface area is 157 Å². The van der Waals surface area contributed by atoms with Gasteiger partial charge >= 0.3 is 6.42 Å². The number of benzene rings is 3. The second-order valence-electron chi connectivity index (χ2n) is 6.84. The number of fused-ring (bicyclic) bond motifs is 3. The first-order chi connectivity index (χ1) is 13.3. The van der Waals surface area contributed by atoms with Crippen molar-refractivity contribution in [1.29, 1.82) is 5.26 Å². The van der Waals surface area contributed by atoms with Gasteiger partial charge in [-0.05, 0) is 18.2 Å². The van der Waals surface area contributed by atoms with E-state index in [9.17, 15) is 5.26 Å². The van der Waals surface area contributed by atoms with Crippen molar-refractivity contribution in [2.45, 2.75) is 0 Å². The summed E-state index contributed by atoms with van der Waals surface area (Å²) in [5.74, 6) is 0. The fraction of sp³-hybridized carbons (Fsp3) is 0. The van der Waals surface area contributed by atoms with Gasteiger partial charge in [0.05, 0.1) is 17.8 Å². The summed E-state index contributed by atoms with van der Waals surface area (Å²) >= 11 is 0. The molecule has 4 aromatic rings. The molecule has 0 amide bonds. The van der Waals surface area contributed by atoms with Gasteiger partial charge in [-0.15, -0.1) is 10.9 Å². The van der Waals surface area contributed by atoms with E-state index in [4.69, 9.17) is 0 Å². The second-order valence-corrected chi connectivity index (χ2v) is 6.84. The summed E-state index contributed by atoms with van der Waals surface area (Å²) < 4.78 is 4.38. The van der Waals surface area contributed by atoms with Crippen molar-refractivity contribution in [1.82, 2.24) is 4.68 Å². The first-order valence-corrected chi connectivity index (χ1v) is 9.01. The number of nitriles is 1. The Morgan fingerprint density at radius 1 is 0.852 bits per heavy atom. The number of nitrogens with one attached hydrogen (secondary N) is 1. The van der Waals surface area contributed by atoms with Crippen molar-refractivity contribution in [2.24, 2.45) is 0 Å². The summed E-state index contributed by atoms with van der Waals surface area (Å²) in [6.07, 6.45) is 2.67. The Bertz CT molecular complexity index is 1120. The largest absolute Gasteiger partial charge is 0.487 e. The molecule has 0 radical (unpaired) electrons. The highest BCUT2D eigenvalue weighted by atomic mass is 15.4. The number of rotatable bonds is 2. The van der Waals surface area contributed by atoms with E-state index in [0.29, 0.717) is 5.56 Å². The van der Waals surface area contributed by atoms with Crippen LogP contribution in [0.5, 0.6) is 0 Å². The molecule has 0 fully saturated rings. The smallest absolute Gasteiger partial charge is 0.450 e. The van der Waals surface area contributed by atoms with E-state index in [-0.39, 0.29) is 0 Å². The Kier molecular flexibility index (Phi) is 3.38. The van der Waals surface area contributed by atoms with Crippen LogP contribution in [0.4, 0.5) is 5.69 Å². The van der Waals surface area contributed by atoms with Crippen molar-refractivity contribution in [2.75, 3.05) is 5.23 Å². The van der Waals surface area contributed by atoms with E-state index in [1.807, 2.05) is 42.6 Å². The standard InChI is InChI=1S/C22H17BN4/c24-17-18-12-13-21-22(16-18)26-14-7-15-27(26)23(25-21,19-8-3-1-4-9-19)20-10-5-2-6-11-20/h1-16,25H. The third-order valence-electron chi connectivity index (χ3n) is 5.41. The van der Waals surface area contributed by atoms with Crippen molar-refractivity contribution in [3.8, 4) is 11.8 Å². The van der Waals surface area contributed by atoms with Crippen molar-refractivity contribution in [3.63, 3.8) is 0 Å². The Balaban J connectivity index is 1.85. The van der Waals surface area contributed by atoms with E-state index in [1.54, 1.807) is 0 Å². The number of anilines is 1. The maximum absolute atomic E-state index is 9.31. The van der Waals surface area contributed by atoms with Gasteiger partial charge in [0.15, 0.2) is 0 Å².